The van der Waals surface area contributed by atoms with E-state index < -0.39 is 11.6 Å². The Hall–Kier alpha value is -2.69. The van der Waals surface area contributed by atoms with Crippen LogP contribution in [0.2, 0.25) is 0 Å². The lowest BCUT2D eigenvalue weighted by atomic mass is 9.80. The van der Waals surface area contributed by atoms with Crippen molar-refractivity contribution in [3.8, 4) is 0 Å². The molecule has 4 rings (SSSR count). The highest BCUT2D eigenvalue weighted by molar-refractivity contribution is 5.96. The van der Waals surface area contributed by atoms with Gasteiger partial charge in [-0.15, -0.1) is 0 Å². The molecule has 2 aromatic rings. The number of hydroxylamine groups is 1. The third-order valence-corrected chi connectivity index (χ3v) is 5.40. The standard InChI is InChI=1S/C18H23N5O5/c1-2-23-16-13(7-20-23)15(21-11-3-10(4-11)17(26)27)12(6-19-16)14-5-18(8-24,9-25)28-22-14/h5-7,10-11,22,24-25H,2-4,8-9H2,1H3,(H,19,21)(H,26,27). The number of aromatic nitrogens is 3. The van der Waals surface area contributed by atoms with Crippen LogP contribution >= 0.6 is 0 Å². The van der Waals surface area contributed by atoms with Gasteiger partial charge in [-0.05, 0) is 25.8 Å². The summed E-state index contributed by atoms with van der Waals surface area (Å²) in [4.78, 5) is 21.0. The molecule has 0 aromatic carbocycles. The number of nitrogens with one attached hydrogen (secondary N) is 2. The largest absolute Gasteiger partial charge is 0.481 e. The van der Waals surface area contributed by atoms with Crippen LogP contribution in [0.25, 0.3) is 16.7 Å². The van der Waals surface area contributed by atoms with E-state index in [9.17, 15) is 15.0 Å². The summed E-state index contributed by atoms with van der Waals surface area (Å²) >= 11 is 0. The van der Waals surface area contributed by atoms with E-state index in [1.165, 1.54) is 0 Å². The van der Waals surface area contributed by atoms with E-state index in [0.717, 1.165) is 16.7 Å². The number of fused-ring (bicyclic) bond motifs is 1. The molecule has 0 spiro atoms. The van der Waals surface area contributed by atoms with Gasteiger partial charge in [-0.1, -0.05) is 0 Å². The smallest absolute Gasteiger partial charge is 0.306 e. The summed E-state index contributed by atoms with van der Waals surface area (Å²) in [5.74, 6) is -1.11. The molecule has 1 aliphatic heterocycles. The number of carboxylic acids is 1. The number of aliphatic hydroxyl groups is 2. The zero-order chi connectivity index (χ0) is 19.9. The van der Waals surface area contributed by atoms with E-state index in [1.54, 1.807) is 23.2 Å². The summed E-state index contributed by atoms with van der Waals surface area (Å²) in [6.45, 7) is 1.89. The lowest BCUT2D eigenvalue weighted by Crippen LogP contribution is -2.39. The first-order valence-electron chi connectivity index (χ1n) is 9.23. The van der Waals surface area contributed by atoms with Crippen molar-refractivity contribution in [1.29, 1.82) is 0 Å². The van der Waals surface area contributed by atoms with Gasteiger partial charge in [0, 0.05) is 24.3 Å². The van der Waals surface area contributed by atoms with Crippen LogP contribution in [0, 0.1) is 5.92 Å². The molecule has 1 aliphatic carbocycles. The molecule has 10 heteroatoms. The summed E-state index contributed by atoms with van der Waals surface area (Å²) in [5.41, 5.74) is 4.32. The molecule has 5 N–H and O–H groups in total. The van der Waals surface area contributed by atoms with Crippen molar-refractivity contribution >= 4 is 28.4 Å². The fraction of sp³-hybridized carbons (Fsp3) is 0.500. The minimum Gasteiger partial charge on any atom is -0.481 e. The second kappa shape index (κ2) is 7.04. The SMILES string of the molecule is CCn1ncc2c(NC3CC(C(=O)O)C3)c(C3=CC(CO)(CO)ON3)cnc21. The summed E-state index contributed by atoms with van der Waals surface area (Å²) in [6.07, 6.45) is 6.12. The molecule has 1 saturated carbocycles. The first-order chi connectivity index (χ1) is 13.5. The topological polar surface area (TPSA) is 142 Å². The van der Waals surface area contributed by atoms with Gasteiger partial charge < -0.3 is 20.6 Å². The van der Waals surface area contributed by atoms with Crippen LogP contribution in [-0.4, -0.2) is 60.9 Å². The molecule has 150 valence electrons. The normalized spacial score (nSPS) is 23.2. The number of aliphatic carboxylic acids is 1. The number of hydrogen-bond donors (Lipinski definition) is 5. The Morgan fingerprint density at radius 2 is 2.14 bits per heavy atom. The highest BCUT2D eigenvalue weighted by Gasteiger charge is 2.37. The predicted octanol–water partition coefficient (Wildman–Crippen LogP) is 0.325. The third-order valence-electron chi connectivity index (χ3n) is 5.40. The third kappa shape index (κ3) is 2.99. The molecular formula is C18H23N5O5. The molecule has 3 heterocycles. The number of carbonyl (C=O) groups is 1. The Balaban J connectivity index is 1.73. The summed E-state index contributed by atoms with van der Waals surface area (Å²) < 4.78 is 1.78. The number of nitrogens with zero attached hydrogens (tertiary/aromatic N) is 3. The molecule has 2 aromatic heterocycles. The highest BCUT2D eigenvalue weighted by Crippen LogP contribution is 2.37. The van der Waals surface area contributed by atoms with Crippen molar-refractivity contribution in [1.82, 2.24) is 20.2 Å². The van der Waals surface area contributed by atoms with Crippen molar-refractivity contribution in [2.45, 2.75) is 38.0 Å². The average molecular weight is 389 g/mol. The molecule has 0 saturated heterocycles. The number of pyridine rings is 1. The number of hydrogen-bond acceptors (Lipinski definition) is 8. The molecule has 0 radical (unpaired) electrons. The molecule has 28 heavy (non-hydrogen) atoms. The lowest BCUT2D eigenvalue weighted by molar-refractivity contribution is -0.144. The van der Waals surface area contributed by atoms with Gasteiger partial charge in [-0.2, -0.15) is 5.10 Å². The average Bonchev–Trinajstić information content (AvgIpc) is 3.28. The van der Waals surface area contributed by atoms with Gasteiger partial charge in [0.2, 0.25) is 0 Å². The van der Waals surface area contributed by atoms with Crippen molar-refractivity contribution < 1.29 is 25.0 Å². The Bertz CT molecular complexity index is 930. The minimum atomic E-state index is -1.21. The zero-order valence-corrected chi connectivity index (χ0v) is 15.4. The summed E-state index contributed by atoms with van der Waals surface area (Å²) in [6, 6.07) is 0.0267. The summed E-state index contributed by atoms with van der Waals surface area (Å²) in [5, 5.41) is 36.9. The Morgan fingerprint density at radius 1 is 1.39 bits per heavy atom. The quantitative estimate of drug-likeness (QED) is 0.453. The molecule has 0 atom stereocenters. The van der Waals surface area contributed by atoms with Gasteiger partial charge in [-0.25, -0.2) is 9.67 Å². The summed E-state index contributed by atoms with van der Waals surface area (Å²) in [7, 11) is 0. The van der Waals surface area contributed by atoms with Crippen molar-refractivity contribution in [2.24, 2.45) is 5.92 Å². The van der Waals surface area contributed by atoms with Crippen LogP contribution in [0.3, 0.4) is 0 Å². The lowest BCUT2D eigenvalue weighted by Gasteiger charge is -2.34. The van der Waals surface area contributed by atoms with Gasteiger partial charge in [0.05, 0.1) is 42.1 Å². The van der Waals surface area contributed by atoms with Crippen LogP contribution in [0.15, 0.2) is 18.5 Å². The van der Waals surface area contributed by atoms with Gasteiger partial charge in [0.15, 0.2) is 11.2 Å². The number of aryl methyl sites for hydroxylation is 1. The number of anilines is 1. The van der Waals surface area contributed by atoms with Crippen LogP contribution in [0.4, 0.5) is 5.69 Å². The minimum absolute atomic E-state index is 0.0267. The Kier molecular flexibility index (Phi) is 4.69. The van der Waals surface area contributed by atoms with E-state index in [1.807, 2.05) is 6.92 Å². The fourth-order valence-electron chi connectivity index (χ4n) is 3.58. The van der Waals surface area contributed by atoms with Crippen molar-refractivity contribution in [2.75, 3.05) is 18.5 Å². The van der Waals surface area contributed by atoms with Crippen LogP contribution in [0.5, 0.6) is 0 Å². The molecule has 2 aliphatic rings. The van der Waals surface area contributed by atoms with E-state index in [4.69, 9.17) is 9.94 Å². The maximum atomic E-state index is 11.1. The first kappa shape index (κ1) is 18.7. The maximum absolute atomic E-state index is 11.1. The molecule has 0 bridgehead atoms. The van der Waals surface area contributed by atoms with Crippen molar-refractivity contribution in [3.63, 3.8) is 0 Å². The van der Waals surface area contributed by atoms with Crippen molar-refractivity contribution in [3.05, 3.63) is 24.0 Å². The number of rotatable bonds is 7. The monoisotopic (exact) mass is 389 g/mol. The zero-order valence-electron chi connectivity index (χ0n) is 15.4. The maximum Gasteiger partial charge on any atom is 0.306 e. The molecular weight excluding hydrogens is 366 g/mol. The van der Waals surface area contributed by atoms with Gasteiger partial charge in [0.25, 0.3) is 0 Å². The van der Waals surface area contributed by atoms with Gasteiger partial charge in [-0.3, -0.25) is 15.1 Å². The molecule has 10 nitrogen and oxygen atoms in total. The molecule has 0 unspecified atom stereocenters. The Morgan fingerprint density at radius 3 is 2.75 bits per heavy atom. The number of aliphatic hydroxyl groups excluding tert-OH is 2. The highest BCUT2D eigenvalue weighted by atomic mass is 16.7. The second-order valence-corrected chi connectivity index (χ2v) is 7.24. The second-order valence-electron chi connectivity index (χ2n) is 7.24. The van der Waals surface area contributed by atoms with E-state index in [-0.39, 0.29) is 25.2 Å². The first-order valence-corrected chi connectivity index (χ1v) is 9.23. The molecule has 0 amide bonds. The van der Waals surface area contributed by atoms with E-state index >= 15 is 0 Å². The van der Waals surface area contributed by atoms with Crippen LogP contribution in [0.1, 0.15) is 25.3 Å². The van der Waals surface area contributed by atoms with Crippen LogP contribution in [-0.2, 0) is 16.2 Å². The molecule has 1 fully saturated rings. The Labute approximate surface area is 160 Å². The fourth-order valence-corrected chi connectivity index (χ4v) is 3.58. The van der Waals surface area contributed by atoms with E-state index in [0.29, 0.717) is 30.6 Å². The van der Waals surface area contributed by atoms with Crippen LogP contribution < -0.4 is 10.8 Å². The number of carboxylic acid groups (broad SMARTS) is 1. The van der Waals surface area contributed by atoms with E-state index in [2.05, 4.69) is 20.9 Å². The van der Waals surface area contributed by atoms with Gasteiger partial charge >= 0.3 is 5.97 Å². The van der Waals surface area contributed by atoms with Gasteiger partial charge in [0.1, 0.15) is 0 Å². The predicted molar refractivity (Wildman–Crippen MR) is 100 cm³/mol.